The average Bonchev–Trinajstić information content (AvgIpc) is 2.34. The molecule has 0 aliphatic heterocycles. The van der Waals surface area contributed by atoms with Gasteiger partial charge in [0.15, 0.2) is 0 Å². The molecule has 1 aromatic rings. The van der Waals surface area contributed by atoms with E-state index < -0.39 is 12.7 Å². The van der Waals surface area contributed by atoms with Gasteiger partial charge < -0.3 is 10.1 Å². The van der Waals surface area contributed by atoms with Crippen LogP contribution in [0.3, 0.4) is 0 Å². The monoisotopic (exact) mass is 304 g/mol. The Hall–Kier alpha value is -1.27. The molecule has 0 bridgehead atoms. The van der Waals surface area contributed by atoms with E-state index in [2.05, 4.69) is 5.32 Å². The van der Waals surface area contributed by atoms with Gasteiger partial charge in [0.1, 0.15) is 5.75 Å². The zero-order valence-corrected chi connectivity index (χ0v) is 12.9. The van der Waals surface area contributed by atoms with E-state index in [0.717, 1.165) is 11.3 Å². The summed E-state index contributed by atoms with van der Waals surface area (Å²) in [5.74, 6) is 0.757. The molecule has 0 saturated carbocycles. The Morgan fingerprint density at radius 3 is 2.19 bits per heavy atom. The molecule has 0 aliphatic rings. The van der Waals surface area contributed by atoms with Crippen LogP contribution in [0.2, 0.25) is 0 Å². The molecule has 0 fully saturated rings. The normalized spacial score (nSPS) is 13.8. The Bertz CT molecular complexity index is 418. The summed E-state index contributed by atoms with van der Waals surface area (Å²) in [7, 11) is 3.21. The standard InChI is InChI=1S/C15H23F3N2O/c1-11(2)21-13-7-5-12(6-8-13)14(19-3)9-20(4)10-15(16,17)18/h5-8,11,14,19H,9-10H2,1-4H3. The Morgan fingerprint density at radius 1 is 1.19 bits per heavy atom. The van der Waals surface area contributed by atoms with Crippen molar-refractivity contribution in [3.05, 3.63) is 29.8 Å². The maximum atomic E-state index is 12.4. The summed E-state index contributed by atoms with van der Waals surface area (Å²) >= 11 is 0. The molecule has 0 spiro atoms. The van der Waals surface area contributed by atoms with Gasteiger partial charge in [-0.05, 0) is 45.6 Å². The molecule has 120 valence electrons. The molecule has 1 atom stereocenters. The summed E-state index contributed by atoms with van der Waals surface area (Å²) in [4.78, 5) is 1.26. The van der Waals surface area contributed by atoms with Crippen molar-refractivity contribution in [3.63, 3.8) is 0 Å². The molecule has 0 aromatic heterocycles. The zero-order chi connectivity index (χ0) is 16.0. The minimum absolute atomic E-state index is 0.0915. The maximum absolute atomic E-state index is 12.4. The van der Waals surface area contributed by atoms with Gasteiger partial charge in [-0.2, -0.15) is 13.2 Å². The lowest BCUT2D eigenvalue weighted by atomic mass is 10.1. The SMILES string of the molecule is CNC(CN(C)CC(F)(F)F)c1ccc(OC(C)C)cc1. The van der Waals surface area contributed by atoms with Crippen LogP contribution in [0.5, 0.6) is 5.75 Å². The van der Waals surface area contributed by atoms with Gasteiger partial charge in [-0.1, -0.05) is 12.1 Å². The van der Waals surface area contributed by atoms with Crippen LogP contribution >= 0.6 is 0 Å². The summed E-state index contributed by atoms with van der Waals surface area (Å²) in [6.07, 6.45) is -4.09. The number of nitrogens with one attached hydrogen (secondary N) is 1. The van der Waals surface area contributed by atoms with Gasteiger partial charge in [0.05, 0.1) is 12.6 Å². The van der Waals surface area contributed by atoms with E-state index in [1.165, 1.54) is 11.9 Å². The summed E-state index contributed by atoms with van der Waals surface area (Å²) in [6, 6.07) is 7.26. The predicted octanol–water partition coefficient (Wildman–Crippen LogP) is 3.23. The molecule has 1 N–H and O–H groups in total. The number of likely N-dealkylation sites (N-methyl/N-ethyl adjacent to an activating group) is 2. The van der Waals surface area contributed by atoms with Gasteiger partial charge in [0, 0.05) is 12.6 Å². The fourth-order valence-corrected chi connectivity index (χ4v) is 2.10. The van der Waals surface area contributed by atoms with Crippen LogP contribution < -0.4 is 10.1 Å². The van der Waals surface area contributed by atoms with Crippen LogP contribution in [-0.2, 0) is 0 Å². The van der Waals surface area contributed by atoms with E-state index in [1.54, 1.807) is 7.05 Å². The fraction of sp³-hybridized carbons (Fsp3) is 0.600. The lowest BCUT2D eigenvalue weighted by Gasteiger charge is -2.25. The van der Waals surface area contributed by atoms with Gasteiger partial charge >= 0.3 is 6.18 Å². The number of halogens is 3. The Kier molecular flexibility index (Phi) is 6.48. The van der Waals surface area contributed by atoms with Crippen LogP contribution in [-0.4, -0.2) is 44.4 Å². The molecule has 6 heteroatoms. The highest BCUT2D eigenvalue weighted by Crippen LogP contribution is 2.21. The number of hydrogen-bond donors (Lipinski definition) is 1. The largest absolute Gasteiger partial charge is 0.491 e. The minimum Gasteiger partial charge on any atom is -0.491 e. The van der Waals surface area contributed by atoms with Crippen LogP contribution in [0, 0.1) is 0 Å². The third-order valence-electron chi connectivity index (χ3n) is 2.95. The van der Waals surface area contributed by atoms with E-state index in [-0.39, 0.29) is 18.7 Å². The van der Waals surface area contributed by atoms with Gasteiger partial charge in [0.2, 0.25) is 0 Å². The molecule has 0 radical (unpaired) electrons. The second-order valence-electron chi connectivity index (χ2n) is 5.39. The summed E-state index contributed by atoms with van der Waals surface area (Å²) in [5.41, 5.74) is 0.933. The number of nitrogens with zero attached hydrogens (tertiary/aromatic N) is 1. The maximum Gasteiger partial charge on any atom is 0.401 e. The Labute approximate surface area is 124 Å². The van der Waals surface area contributed by atoms with Crippen molar-refractivity contribution in [2.24, 2.45) is 0 Å². The highest BCUT2D eigenvalue weighted by molar-refractivity contribution is 5.29. The third kappa shape index (κ3) is 6.82. The Balaban J connectivity index is 2.67. The van der Waals surface area contributed by atoms with E-state index >= 15 is 0 Å². The Morgan fingerprint density at radius 2 is 1.76 bits per heavy atom. The highest BCUT2D eigenvalue weighted by atomic mass is 19.4. The first-order chi connectivity index (χ1) is 9.71. The molecule has 1 unspecified atom stereocenters. The predicted molar refractivity (Wildman–Crippen MR) is 77.6 cm³/mol. The van der Waals surface area contributed by atoms with Crippen molar-refractivity contribution in [3.8, 4) is 5.75 Å². The van der Waals surface area contributed by atoms with Crippen molar-refractivity contribution < 1.29 is 17.9 Å². The summed E-state index contributed by atoms with van der Waals surface area (Å²) in [5, 5.41) is 3.05. The highest BCUT2D eigenvalue weighted by Gasteiger charge is 2.29. The lowest BCUT2D eigenvalue weighted by Crippen LogP contribution is -2.37. The summed E-state index contributed by atoms with van der Waals surface area (Å²) in [6.45, 7) is 3.24. The van der Waals surface area contributed by atoms with E-state index in [1.807, 2.05) is 38.1 Å². The molecule has 21 heavy (non-hydrogen) atoms. The first-order valence-electron chi connectivity index (χ1n) is 6.90. The minimum atomic E-state index is -4.18. The fourth-order valence-electron chi connectivity index (χ4n) is 2.10. The number of ether oxygens (including phenoxy) is 1. The van der Waals surface area contributed by atoms with Crippen molar-refractivity contribution in [1.29, 1.82) is 0 Å². The molecule has 0 amide bonds. The quantitative estimate of drug-likeness (QED) is 0.837. The van der Waals surface area contributed by atoms with Crippen LogP contribution in [0.25, 0.3) is 0 Å². The van der Waals surface area contributed by atoms with Crippen molar-refractivity contribution in [2.75, 3.05) is 27.2 Å². The van der Waals surface area contributed by atoms with Crippen LogP contribution in [0.1, 0.15) is 25.5 Å². The zero-order valence-electron chi connectivity index (χ0n) is 12.9. The second-order valence-corrected chi connectivity index (χ2v) is 5.39. The number of hydrogen-bond acceptors (Lipinski definition) is 3. The van der Waals surface area contributed by atoms with Crippen molar-refractivity contribution in [1.82, 2.24) is 10.2 Å². The molecule has 3 nitrogen and oxygen atoms in total. The molecule has 0 heterocycles. The lowest BCUT2D eigenvalue weighted by molar-refractivity contribution is -0.143. The van der Waals surface area contributed by atoms with Gasteiger partial charge in [-0.25, -0.2) is 0 Å². The first kappa shape index (κ1) is 17.8. The first-order valence-corrected chi connectivity index (χ1v) is 6.90. The average molecular weight is 304 g/mol. The molecule has 1 aromatic carbocycles. The number of alkyl halides is 3. The molecule has 0 saturated heterocycles. The van der Waals surface area contributed by atoms with Crippen LogP contribution in [0.15, 0.2) is 24.3 Å². The van der Waals surface area contributed by atoms with Crippen LogP contribution in [0.4, 0.5) is 13.2 Å². The number of rotatable bonds is 7. The second kappa shape index (κ2) is 7.66. The summed E-state index contributed by atoms with van der Waals surface area (Å²) < 4.78 is 42.6. The molecular weight excluding hydrogens is 281 g/mol. The number of benzene rings is 1. The topological polar surface area (TPSA) is 24.5 Å². The van der Waals surface area contributed by atoms with Crippen molar-refractivity contribution >= 4 is 0 Å². The molecule has 0 aliphatic carbocycles. The van der Waals surface area contributed by atoms with E-state index in [9.17, 15) is 13.2 Å². The van der Waals surface area contributed by atoms with Gasteiger partial charge in [-0.15, -0.1) is 0 Å². The molecular formula is C15H23F3N2O. The van der Waals surface area contributed by atoms with E-state index in [4.69, 9.17) is 4.74 Å². The van der Waals surface area contributed by atoms with Crippen molar-refractivity contribution in [2.45, 2.75) is 32.2 Å². The smallest absolute Gasteiger partial charge is 0.401 e. The van der Waals surface area contributed by atoms with Gasteiger partial charge in [-0.3, -0.25) is 4.90 Å². The van der Waals surface area contributed by atoms with E-state index in [0.29, 0.717) is 0 Å². The molecule has 1 rings (SSSR count). The third-order valence-corrected chi connectivity index (χ3v) is 2.95. The van der Waals surface area contributed by atoms with Gasteiger partial charge in [0.25, 0.3) is 0 Å².